The molecule has 2 unspecified atom stereocenters. The van der Waals surface area contributed by atoms with E-state index in [-0.39, 0.29) is 23.2 Å². The molecule has 32 heavy (non-hydrogen) atoms. The number of fused-ring (bicyclic) bond motifs is 1. The Morgan fingerprint density at radius 2 is 1.41 bits per heavy atom. The van der Waals surface area contributed by atoms with Gasteiger partial charge in [-0.05, 0) is 46.6 Å². The molecule has 2 aliphatic rings. The third kappa shape index (κ3) is 3.84. The van der Waals surface area contributed by atoms with Gasteiger partial charge in [-0.1, -0.05) is 87.5 Å². The first-order valence-corrected chi connectivity index (χ1v) is 11.4. The molecule has 0 fully saturated rings. The van der Waals surface area contributed by atoms with Crippen molar-refractivity contribution < 1.29 is 4.79 Å². The van der Waals surface area contributed by atoms with E-state index in [1.165, 1.54) is 11.1 Å². The summed E-state index contributed by atoms with van der Waals surface area (Å²) in [5, 5.41) is 7.27. The number of carbonyl (C=O) groups excluding carboxylic acids is 1. The van der Waals surface area contributed by atoms with Gasteiger partial charge in [-0.25, -0.2) is 0 Å². The van der Waals surface area contributed by atoms with Crippen LogP contribution in [-0.4, -0.2) is 5.78 Å². The van der Waals surface area contributed by atoms with E-state index in [1.54, 1.807) is 0 Å². The Kier molecular flexibility index (Phi) is 5.13. The van der Waals surface area contributed by atoms with E-state index in [1.807, 2.05) is 30.3 Å². The Morgan fingerprint density at radius 1 is 0.750 bits per heavy atom. The molecule has 0 bridgehead atoms. The molecule has 0 spiro atoms. The molecular weight excluding hydrogens is 392 g/mol. The topological polar surface area (TPSA) is 41.1 Å². The second-order valence-electron chi connectivity index (χ2n) is 9.95. The van der Waals surface area contributed by atoms with Crippen molar-refractivity contribution in [3.63, 3.8) is 0 Å². The number of ketones is 1. The van der Waals surface area contributed by atoms with Crippen molar-refractivity contribution in [2.24, 2.45) is 0 Å². The summed E-state index contributed by atoms with van der Waals surface area (Å²) in [6.07, 6.45) is 1.37. The number of allylic oxidation sites excluding steroid dienone is 1. The SMILES string of the molecule is CC(C)(C)c1ccc(C2CC(=O)C3=C(C2)Nc2ccccc2NC3c2ccccc2)cc1. The average molecular weight is 423 g/mol. The van der Waals surface area contributed by atoms with Crippen LogP contribution in [0, 0.1) is 0 Å². The van der Waals surface area contributed by atoms with Gasteiger partial charge in [-0.3, -0.25) is 4.79 Å². The van der Waals surface area contributed by atoms with Gasteiger partial charge in [0.25, 0.3) is 0 Å². The minimum Gasteiger partial charge on any atom is -0.372 e. The number of para-hydroxylation sites is 2. The predicted molar refractivity (Wildman–Crippen MR) is 132 cm³/mol. The average Bonchev–Trinajstić information content (AvgIpc) is 2.96. The van der Waals surface area contributed by atoms with Gasteiger partial charge in [0, 0.05) is 17.7 Å². The number of anilines is 2. The molecule has 3 heteroatoms. The minimum absolute atomic E-state index is 0.123. The summed E-state index contributed by atoms with van der Waals surface area (Å²) in [5.74, 6) is 0.405. The van der Waals surface area contributed by atoms with Crippen molar-refractivity contribution in [3.8, 4) is 0 Å². The molecule has 0 saturated heterocycles. The molecule has 3 aromatic carbocycles. The first-order chi connectivity index (χ1) is 15.4. The summed E-state index contributed by atoms with van der Waals surface area (Å²) in [4.78, 5) is 13.6. The summed E-state index contributed by atoms with van der Waals surface area (Å²) in [5.41, 5.74) is 7.74. The lowest BCUT2D eigenvalue weighted by atomic mass is 9.77. The number of benzene rings is 3. The molecule has 2 atom stereocenters. The maximum Gasteiger partial charge on any atom is 0.163 e. The Labute approximate surface area is 190 Å². The smallest absolute Gasteiger partial charge is 0.163 e. The van der Waals surface area contributed by atoms with Gasteiger partial charge in [0.05, 0.1) is 17.4 Å². The van der Waals surface area contributed by atoms with Crippen LogP contribution >= 0.6 is 0 Å². The summed E-state index contributed by atoms with van der Waals surface area (Å²) in [6.45, 7) is 6.69. The summed E-state index contributed by atoms with van der Waals surface area (Å²) in [7, 11) is 0. The molecule has 0 amide bonds. The quantitative estimate of drug-likeness (QED) is 0.469. The molecule has 0 aromatic heterocycles. The molecule has 1 aliphatic carbocycles. The maximum atomic E-state index is 13.6. The van der Waals surface area contributed by atoms with Crippen LogP contribution in [0.3, 0.4) is 0 Å². The lowest BCUT2D eigenvalue weighted by molar-refractivity contribution is -0.116. The predicted octanol–water partition coefficient (Wildman–Crippen LogP) is 6.96. The molecule has 3 nitrogen and oxygen atoms in total. The zero-order valence-electron chi connectivity index (χ0n) is 19.0. The highest BCUT2D eigenvalue weighted by Crippen LogP contribution is 2.44. The Hall–Kier alpha value is -3.33. The van der Waals surface area contributed by atoms with Crippen molar-refractivity contribution in [1.29, 1.82) is 0 Å². The fourth-order valence-electron chi connectivity index (χ4n) is 4.88. The van der Waals surface area contributed by atoms with Crippen LogP contribution in [0.4, 0.5) is 11.4 Å². The van der Waals surface area contributed by atoms with Gasteiger partial charge in [0.15, 0.2) is 5.78 Å². The fraction of sp³-hybridized carbons (Fsp3) is 0.276. The third-order valence-corrected chi connectivity index (χ3v) is 6.69. The number of rotatable bonds is 2. The van der Waals surface area contributed by atoms with E-state index in [0.717, 1.165) is 34.6 Å². The van der Waals surface area contributed by atoms with Crippen molar-refractivity contribution in [1.82, 2.24) is 0 Å². The second-order valence-corrected chi connectivity index (χ2v) is 9.95. The van der Waals surface area contributed by atoms with E-state index in [0.29, 0.717) is 6.42 Å². The first-order valence-electron chi connectivity index (χ1n) is 11.4. The Balaban J connectivity index is 1.54. The largest absolute Gasteiger partial charge is 0.372 e. The maximum absolute atomic E-state index is 13.6. The molecule has 0 saturated carbocycles. The highest BCUT2D eigenvalue weighted by atomic mass is 16.1. The zero-order chi connectivity index (χ0) is 22.3. The van der Waals surface area contributed by atoms with Crippen molar-refractivity contribution in [3.05, 3.63) is 107 Å². The van der Waals surface area contributed by atoms with Crippen LogP contribution in [0.2, 0.25) is 0 Å². The lowest BCUT2D eigenvalue weighted by Gasteiger charge is -2.30. The first kappa shape index (κ1) is 20.6. The highest BCUT2D eigenvalue weighted by molar-refractivity contribution is 6.01. The number of hydrogen-bond acceptors (Lipinski definition) is 3. The number of Topliss-reactive ketones (excluding diaryl/α,β-unsaturated/α-hetero) is 1. The molecule has 1 heterocycles. The molecule has 3 aromatic rings. The van der Waals surface area contributed by atoms with E-state index in [2.05, 4.69) is 79.9 Å². The van der Waals surface area contributed by atoms with Gasteiger partial charge >= 0.3 is 0 Å². The summed E-state index contributed by atoms with van der Waals surface area (Å²) >= 11 is 0. The number of nitrogens with one attached hydrogen (secondary N) is 2. The van der Waals surface area contributed by atoms with Crippen molar-refractivity contribution in [2.45, 2.75) is 51.0 Å². The second kappa shape index (κ2) is 7.98. The van der Waals surface area contributed by atoms with Crippen LogP contribution in [0.1, 0.15) is 62.3 Å². The third-order valence-electron chi connectivity index (χ3n) is 6.69. The van der Waals surface area contributed by atoms with Crippen LogP contribution in [0.25, 0.3) is 0 Å². The Morgan fingerprint density at radius 3 is 2.09 bits per heavy atom. The molecular formula is C29H30N2O. The minimum atomic E-state index is -0.154. The highest BCUT2D eigenvalue weighted by Gasteiger charge is 2.36. The van der Waals surface area contributed by atoms with E-state index >= 15 is 0 Å². The summed E-state index contributed by atoms with van der Waals surface area (Å²) in [6, 6.07) is 27.2. The molecule has 0 radical (unpaired) electrons. The van der Waals surface area contributed by atoms with E-state index in [4.69, 9.17) is 0 Å². The van der Waals surface area contributed by atoms with E-state index in [9.17, 15) is 4.79 Å². The monoisotopic (exact) mass is 422 g/mol. The summed E-state index contributed by atoms with van der Waals surface area (Å²) < 4.78 is 0. The molecule has 2 N–H and O–H groups in total. The van der Waals surface area contributed by atoms with Crippen LogP contribution in [0.5, 0.6) is 0 Å². The fourth-order valence-corrected chi connectivity index (χ4v) is 4.88. The molecule has 1 aliphatic heterocycles. The van der Waals surface area contributed by atoms with Crippen LogP contribution < -0.4 is 10.6 Å². The molecule has 162 valence electrons. The van der Waals surface area contributed by atoms with Gasteiger partial charge < -0.3 is 10.6 Å². The van der Waals surface area contributed by atoms with Gasteiger partial charge in [-0.2, -0.15) is 0 Å². The van der Waals surface area contributed by atoms with Crippen LogP contribution in [-0.2, 0) is 10.2 Å². The zero-order valence-corrected chi connectivity index (χ0v) is 19.0. The number of hydrogen-bond donors (Lipinski definition) is 2. The van der Waals surface area contributed by atoms with Crippen molar-refractivity contribution in [2.75, 3.05) is 10.6 Å². The van der Waals surface area contributed by atoms with Crippen LogP contribution in [0.15, 0.2) is 90.1 Å². The lowest BCUT2D eigenvalue weighted by Crippen LogP contribution is -2.26. The van der Waals surface area contributed by atoms with Crippen molar-refractivity contribution >= 4 is 17.2 Å². The van der Waals surface area contributed by atoms with E-state index < -0.39 is 0 Å². The normalized spacial score (nSPS) is 20.5. The number of carbonyl (C=O) groups is 1. The van der Waals surface area contributed by atoms with Gasteiger partial charge in [0.1, 0.15) is 0 Å². The van der Waals surface area contributed by atoms with Gasteiger partial charge in [-0.15, -0.1) is 0 Å². The van der Waals surface area contributed by atoms with Gasteiger partial charge in [0.2, 0.25) is 0 Å². The standard InChI is InChI=1S/C29H30N2O/c1-29(2,3)22-15-13-19(14-16-22)21-17-25-27(26(32)18-21)28(20-9-5-4-6-10-20)31-24-12-8-7-11-23(24)30-25/h4-16,21,28,30-31H,17-18H2,1-3H3. The Bertz CT molecular complexity index is 1170. The molecule has 5 rings (SSSR count).